The number of hydrogen-bond acceptors (Lipinski definition) is 8. The number of hydrogen-bond donors (Lipinski definition) is 0. The van der Waals surface area contributed by atoms with Crippen molar-refractivity contribution in [3.63, 3.8) is 0 Å². The summed E-state index contributed by atoms with van der Waals surface area (Å²) in [7, 11) is 0. The molecule has 0 amide bonds. The van der Waals surface area contributed by atoms with Crippen LogP contribution in [0, 0.1) is 17.0 Å². The van der Waals surface area contributed by atoms with Gasteiger partial charge in [0.2, 0.25) is 0 Å². The number of nitrogens with zero attached hydrogens (tertiary/aromatic N) is 3. The van der Waals surface area contributed by atoms with Crippen LogP contribution in [0.5, 0.6) is 0 Å². The monoisotopic (exact) mass is 577 g/mol. The highest BCUT2D eigenvalue weighted by Gasteiger charge is 2.33. The first-order valence-electron chi connectivity index (χ1n) is 12.4. The summed E-state index contributed by atoms with van der Waals surface area (Å²) in [6.45, 7) is 6.99. The molecular weight excluding hydrogens is 554 g/mol. The molecule has 0 radical (unpaired) electrons. The summed E-state index contributed by atoms with van der Waals surface area (Å²) in [4.78, 5) is 43.1. The molecule has 3 heterocycles. The van der Waals surface area contributed by atoms with Crippen molar-refractivity contribution >= 4 is 40.7 Å². The van der Waals surface area contributed by atoms with Crippen LogP contribution in [0.15, 0.2) is 80.1 Å². The van der Waals surface area contributed by atoms with Crippen molar-refractivity contribution in [2.24, 2.45) is 4.99 Å². The molecule has 4 aromatic rings. The zero-order valence-corrected chi connectivity index (χ0v) is 23.6. The van der Waals surface area contributed by atoms with Crippen molar-refractivity contribution in [1.82, 2.24) is 4.57 Å². The van der Waals surface area contributed by atoms with Crippen LogP contribution in [0.1, 0.15) is 43.7 Å². The summed E-state index contributed by atoms with van der Waals surface area (Å²) in [6, 6.07) is 14.3. The Balaban J connectivity index is 1.63. The second-order valence-corrected chi connectivity index (χ2v) is 11.0. The molecule has 5 rings (SSSR count). The number of furan rings is 1. The third-order valence-electron chi connectivity index (χ3n) is 6.29. The van der Waals surface area contributed by atoms with E-state index in [9.17, 15) is 19.7 Å². The van der Waals surface area contributed by atoms with Crippen molar-refractivity contribution in [1.29, 1.82) is 0 Å². The van der Waals surface area contributed by atoms with Crippen molar-refractivity contribution in [3.8, 4) is 11.3 Å². The number of nitro groups is 1. The zero-order valence-electron chi connectivity index (χ0n) is 22.0. The highest BCUT2D eigenvalue weighted by molar-refractivity contribution is 7.07. The summed E-state index contributed by atoms with van der Waals surface area (Å²) in [5.41, 5.74) is 2.04. The van der Waals surface area contributed by atoms with E-state index in [2.05, 4.69) is 4.99 Å². The van der Waals surface area contributed by atoms with Gasteiger partial charge >= 0.3 is 5.97 Å². The minimum absolute atomic E-state index is 0.0699. The molecule has 1 unspecified atom stereocenters. The smallest absolute Gasteiger partial charge is 0.338 e. The van der Waals surface area contributed by atoms with Gasteiger partial charge in [0.25, 0.3) is 11.2 Å². The number of fused-ring (bicyclic) bond motifs is 1. The average Bonchev–Trinajstić information content (AvgIpc) is 3.47. The maximum absolute atomic E-state index is 13.8. The number of carbonyl (C=O) groups excluding carboxylic acids is 1. The number of nitro benzene ring substituents is 1. The van der Waals surface area contributed by atoms with Crippen LogP contribution in [-0.2, 0) is 9.53 Å². The van der Waals surface area contributed by atoms with E-state index in [-0.39, 0.29) is 22.9 Å². The van der Waals surface area contributed by atoms with Crippen LogP contribution in [0.25, 0.3) is 17.4 Å². The van der Waals surface area contributed by atoms with Crippen molar-refractivity contribution in [2.45, 2.75) is 39.8 Å². The molecule has 1 aliphatic heterocycles. The van der Waals surface area contributed by atoms with Gasteiger partial charge in [-0.15, -0.1) is 0 Å². The van der Waals surface area contributed by atoms with E-state index in [1.807, 2.05) is 0 Å². The van der Waals surface area contributed by atoms with E-state index in [1.165, 1.54) is 10.6 Å². The van der Waals surface area contributed by atoms with Crippen LogP contribution < -0.4 is 14.9 Å². The second-order valence-electron chi connectivity index (χ2n) is 9.57. The molecule has 0 aliphatic carbocycles. The molecule has 11 heteroatoms. The number of halogens is 1. The number of rotatable bonds is 6. The van der Waals surface area contributed by atoms with Gasteiger partial charge in [-0.3, -0.25) is 19.5 Å². The standard InChI is InChI=1S/C29H24ClN3O6S/c1-15(2)38-28(35)25-17(4)31-29-32(26(25)18-6-8-19(30)9-7-18)27(34)24(40-29)14-20-10-12-23(39-20)21-11-5-16(3)13-22(21)33(36)37/h5-15,26H,1-4H3/b24-14+. The van der Waals surface area contributed by atoms with Gasteiger partial charge in [-0.05, 0) is 69.2 Å². The maximum atomic E-state index is 13.8. The average molecular weight is 578 g/mol. The van der Waals surface area contributed by atoms with E-state index < -0.39 is 16.9 Å². The molecule has 2 aromatic carbocycles. The fourth-order valence-corrected chi connectivity index (χ4v) is 5.68. The molecule has 40 heavy (non-hydrogen) atoms. The lowest BCUT2D eigenvalue weighted by Gasteiger charge is -2.25. The Labute approximate surface area is 237 Å². The van der Waals surface area contributed by atoms with Crippen LogP contribution in [-0.4, -0.2) is 21.6 Å². The molecule has 0 bridgehead atoms. The Kier molecular flexibility index (Phi) is 7.31. The summed E-state index contributed by atoms with van der Waals surface area (Å²) < 4.78 is 13.2. The zero-order chi connectivity index (χ0) is 28.7. The van der Waals surface area contributed by atoms with Crippen LogP contribution in [0.2, 0.25) is 5.02 Å². The van der Waals surface area contributed by atoms with Gasteiger partial charge in [0.15, 0.2) is 4.80 Å². The van der Waals surface area contributed by atoms with E-state index >= 15 is 0 Å². The lowest BCUT2D eigenvalue weighted by Crippen LogP contribution is -2.40. The molecule has 1 atom stereocenters. The summed E-state index contributed by atoms with van der Waals surface area (Å²) in [5, 5.41) is 12.1. The second kappa shape index (κ2) is 10.7. The Hall–Kier alpha value is -4.28. The highest BCUT2D eigenvalue weighted by Crippen LogP contribution is 2.33. The van der Waals surface area contributed by atoms with Crippen LogP contribution in [0.3, 0.4) is 0 Å². The predicted molar refractivity (Wildman–Crippen MR) is 152 cm³/mol. The number of esters is 1. The first-order valence-corrected chi connectivity index (χ1v) is 13.6. The summed E-state index contributed by atoms with van der Waals surface area (Å²) in [5.74, 6) is 0.0912. The third kappa shape index (κ3) is 5.15. The Morgan fingerprint density at radius 1 is 1.18 bits per heavy atom. The number of ether oxygens (including phenoxy) is 1. The Bertz CT molecular complexity index is 1860. The van der Waals surface area contributed by atoms with Crippen LogP contribution >= 0.6 is 22.9 Å². The lowest BCUT2D eigenvalue weighted by atomic mass is 9.96. The quantitative estimate of drug-likeness (QED) is 0.174. The fraction of sp³-hybridized carbons (Fsp3) is 0.207. The van der Waals surface area contributed by atoms with Crippen molar-refractivity contribution < 1.29 is 18.9 Å². The van der Waals surface area contributed by atoms with Crippen molar-refractivity contribution in [3.05, 3.63) is 118 Å². The van der Waals surface area contributed by atoms with Crippen LogP contribution in [0.4, 0.5) is 5.69 Å². The first kappa shape index (κ1) is 27.3. The molecule has 0 spiro atoms. The van der Waals surface area contributed by atoms with Gasteiger partial charge in [-0.2, -0.15) is 0 Å². The van der Waals surface area contributed by atoms with E-state index in [0.717, 1.165) is 16.9 Å². The van der Waals surface area contributed by atoms with Crippen molar-refractivity contribution in [2.75, 3.05) is 0 Å². The third-order valence-corrected chi connectivity index (χ3v) is 7.52. The van der Waals surface area contributed by atoms with Gasteiger partial charge in [-0.1, -0.05) is 41.1 Å². The van der Waals surface area contributed by atoms with Gasteiger partial charge in [0.05, 0.1) is 38.4 Å². The lowest BCUT2D eigenvalue weighted by molar-refractivity contribution is -0.384. The Morgan fingerprint density at radius 3 is 2.58 bits per heavy atom. The minimum atomic E-state index is -0.774. The normalized spacial score (nSPS) is 15.2. The molecule has 2 aromatic heterocycles. The number of allylic oxidation sites excluding steroid dienone is 1. The molecule has 204 valence electrons. The molecule has 0 saturated heterocycles. The van der Waals surface area contributed by atoms with E-state index in [4.69, 9.17) is 20.8 Å². The molecule has 0 saturated carbocycles. The number of aryl methyl sites for hydroxylation is 1. The summed E-state index contributed by atoms with van der Waals surface area (Å²) in [6.07, 6.45) is 1.21. The number of carbonyl (C=O) groups is 1. The maximum Gasteiger partial charge on any atom is 0.338 e. The predicted octanol–water partition coefficient (Wildman–Crippen LogP) is 5.32. The molecule has 0 fully saturated rings. The topological polar surface area (TPSA) is 117 Å². The number of thiazole rings is 1. The largest absolute Gasteiger partial charge is 0.459 e. The van der Waals surface area contributed by atoms with E-state index in [0.29, 0.717) is 42.7 Å². The molecular formula is C29H24ClN3O6S. The molecule has 9 nitrogen and oxygen atoms in total. The van der Waals surface area contributed by atoms with E-state index in [1.54, 1.807) is 82.3 Å². The Morgan fingerprint density at radius 2 is 1.90 bits per heavy atom. The first-order chi connectivity index (χ1) is 19.0. The minimum Gasteiger partial charge on any atom is -0.459 e. The number of aromatic nitrogens is 1. The van der Waals surface area contributed by atoms with Gasteiger partial charge < -0.3 is 9.15 Å². The number of benzene rings is 2. The SMILES string of the molecule is CC1=C(C(=O)OC(C)C)C(c2ccc(Cl)cc2)n2c(s/c(=C/c3ccc(-c4ccc(C)cc4[N+](=O)[O-])o3)c2=O)=N1. The molecule has 1 aliphatic rings. The van der Waals surface area contributed by atoms with Gasteiger partial charge in [-0.25, -0.2) is 9.79 Å². The summed E-state index contributed by atoms with van der Waals surface area (Å²) >= 11 is 7.27. The fourth-order valence-electron chi connectivity index (χ4n) is 4.53. The highest BCUT2D eigenvalue weighted by atomic mass is 35.5. The van der Waals surface area contributed by atoms with Gasteiger partial charge in [0, 0.05) is 17.2 Å². The van der Waals surface area contributed by atoms with Gasteiger partial charge in [0.1, 0.15) is 11.5 Å². The molecule has 0 N–H and O–H groups in total.